The van der Waals surface area contributed by atoms with Gasteiger partial charge >= 0.3 is 0 Å². The van der Waals surface area contributed by atoms with E-state index in [0.29, 0.717) is 25.4 Å². The van der Waals surface area contributed by atoms with Crippen molar-refractivity contribution in [2.75, 3.05) is 19.6 Å². The molecule has 2 amide bonds. The second-order valence-corrected chi connectivity index (χ2v) is 8.51. The first kappa shape index (κ1) is 19.8. The lowest BCUT2D eigenvalue weighted by Gasteiger charge is -2.35. The maximum Gasteiger partial charge on any atom is 0.264 e. The number of nitrogens with two attached hydrogens (primary N) is 1. The molecular weight excluding hydrogens is 362 g/mol. The Morgan fingerprint density at radius 2 is 2.19 bits per heavy atom. The average molecular weight is 392 g/mol. The highest BCUT2D eigenvalue weighted by Crippen LogP contribution is 2.33. The van der Waals surface area contributed by atoms with Gasteiger partial charge in [-0.25, -0.2) is 0 Å². The molecule has 1 unspecified atom stereocenters. The van der Waals surface area contributed by atoms with Crippen LogP contribution < -0.4 is 11.1 Å². The monoisotopic (exact) mass is 391 g/mol. The van der Waals surface area contributed by atoms with Gasteiger partial charge in [0.1, 0.15) is 4.83 Å². The van der Waals surface area contributed by atoms with E-state index in [1.165, 1.54) is 11.3 Å². The molecule has 148 valence electrons. The molecule has 0 spiro atoms. The van der Waals surface area contributed by atoms with Gasteiger partial charge in [0.25, 0.3) is 5.91 Å². The van der Waals surface area contributed by atoms with Gasteiger partial charge in [-0.3, -0.25) is 14.3 Å². The molecule has 0 radical (unpaired) electrons. The van der Waals surface area contributed by atoms with Crippen LogP contribution in [0, 0.1) is 0 Å². The molecule has 7 nitrogen and oxygen atoms in total. The van der Waals surface area contributed by atoms with Crippen molar-refractivity contribution in [3.05, 3.63) is 16.6 Å². The molecule has 3 heterocycles. The number of carbonyl (C=O) groups is 2. The molecule has 1 aliphatic rings. The van der Waals surface area contributed by atoms with Crippen LogP contribution in [0.5, 0.6) is 0 Å². The zero-order chi connectivity index (χ0) is 19.6. The largest absolute Gasteiger partial charge is 0.354 e. The number of hydrogen-bond acceptors (Lipinski definition) is 5. The van der Waals surface area contributed by atoms with Crippen molar-refractivity contribution >= 4 is 33.4 Å². The van der Waals surface area contributed by atoms with Crippen molar-refractivity contribution < 1.29 is 9.59 Å². The third-order valence-corrected chi connectivity index (χ3v) is 6.28. The van der Waals surface area contributed by atoms with Gasteiger partial charge in [0, 0.05) is 44.5 Å². The van der Waals surface area contributed by atoms with E-state index in [0.717, 1.165) is 46.6 Å². The third kappa shape index (κ3) is 4.16. The SMILES string of the molecule is CC(C)c1nn(C)c2sc(C(=O)N3CCCCC3CNC(=O)CCN)cc12. The molecule has 3 rings (SSSR count). The van der Waals surface area contributed by atoms with Gasteiger partial charge in [-0.05, 0) is 31.2 Å². The number of rotatable bonds is 6. The fraction of sp³-hybridized carbons (Fsp3) is 0.632. The van der Waals surface area contributed by atoms with Crippen molar-refractivity contribution in [2.24, 2.45) is 12.8 Å². The molecule has 1 saturated heterocycles. The van der Waals surface area contributed by atoms with Gasteiger partial charge in [0.05, 0.1) is 10.6 Å². The van der Waals surface area contributed by atoms with Crippen molar-refractivity contribution in [3.63, 3.8) is 0 Å². The Balaban J connectivity index is 1.79. The molecule has 0 aromatic carbocycles. The minimum absolute atomic E-state index is 0.0425. The van der Waals surface area contributed by atoms with E-state index in [-0.39, 0.29) is 17.9 Å². The lowest BCUT2D eigenvalue weighted by Crippen LogP contribution is -2.49. The first-order valence-corrected chi connectivity index (χ1v) is 10.5. The van der Waals surface area contributed by atoms with Crippen molar-refractivity contribution in [1.29, 1.82) is 0 Å². The van der Waals surface area contributed by atoms with Gasteiger partial charge < -0.3 is 16.0 Å². The van der Waals surface area contributed by atoms with Gasteiger partial charge in [-0.1, -0.05) is 13.8 Å². The van der Waals surface area contributed by atoms with E-state index in [1.54, 1.807) is 0 Å². The number of nitrogens with zero attached hydrogens (tertiary/aromatic N) is 3. The molecule has 0 saturated carbocycles. The number of carbonyl (C=O) groups excluding carboxylic acids is 2. The zero-order valence-corrected chi connectivity index (χ0v) is 17.1. The molecule has 0 bridgehead atoms. The lowest BCUT2D eigenvalue weighted by atomic mass is 10.0. The summed E-state index contributed by atoms with van der Waals surface area (Å²) >= 11 is 1.50. The van der Waals surface area contributed by atoms with Gasteiger partial charge in [-0.2, -0.15) is 5.10 Å². The Hall–Kier alpha value is -1.93. The van der Waals surface area contributed by atoms with Crippen LogP contribution in [0.3, 0.4) is 0 Å². The summed E-state index contributed by atoms with van der Waals surface area (Å²) in [6.07, 6.45) is 3.32. The highest BCUT2D eigenvalue weighted by molar-refractivity contribution is 7.20. The van der Waals surface area contributed by atoms with Crippen LogP contribution in [-0.2, 0) is 11.8 Å². The fourth-order valence-corrected chi connectivity index (χ4v) is 4.71. The summed E-state index contributed by atoms with van der Waals surface area (Å²) in [6, 6.07) is 2.03. The van der Waals surface area contributed by atoms with Crippen LogP contribution >= 0.6 is 11.3 Å². The zero-order valence-electron chi connectivity index (χ0n) is 16.3. The molecule has 2 aromatic rings. The summed E-state index contributed by atoms with van der Waals surface area (Å²) in [5.41, 5.74) is 6.47. The van der Waals surface area contributed by atoms with Crippen molar-refractivity contribution in [3.8, 4) is 0 Å². The number of aryl methyl sites for hydroxylation is 1. The van der Waals surface area contributed by atoms with Crippen LogP contribution in [0.1, 0.15) is 60.8 Å². The molecule has 8 heteroatoms. The summed E-state index contributed by atoms with van der Waals surface area (Å²) in [7, 11) is 1.93. The standard InChI is InChI=1S/C19H29N5O2S/c1-12(2)17-14-10-15(27-19(14)23(3)22-17)18(26)24-9-5-4-6-13(24)11-21-16(25)7-8-20/h10,12-13H,4-9,11,20H2,1-3H3,(H,21,25). The quantitative estimate of drug-likeness (QED) is 0.790. The smallest absolute Gasteiger partial charge is 0.264 e. The van der Waals surface area contributed by atoms with E-state index in [4.69, 9.17) is 5.73 Å². The summed E-state index contributed by atoms with van der Waals surface area (Å²) in [5, 5.41) is 8.58. The highest BCUT2D eigenvalue weighted by Gasteiger charge is 2.29. The number of piperidine rings is 1. The Morgan fingerprint density at radius 1 is 1.41 bits per heavy atom. The molecule has 1 aliphatic heterocycles. The maximum atomic E-state index is 13.2. The van der Waals surface area contributed by atoms with Crippen LogP contribution in [-0.4, -0.2) is 52.2 Å². The number of fused-ring (bicyclic) bond motifs is 1. The number of aromatic nitrogens is 2. The van der Waals surface area contributed by atoms with Crippen LogP contribution in [0.4, 0.5) is 0 Å². The fourth-order valence-electron chi connectivity index (χ4n) is 3.67. The predicted molar refractivity (Wildman–Crippen MR) is 108 cm³/mol. The normalized spacial score (nSPS) is 17.7. The molecule has 2 aromatic heterocycles. The summed E-state index contributed by atoms with van der Waals surface area (Å²) in [6.45, 7) is 5.80. The Morgan fingerprint density at radius 3 is 2.89 bits per heavy atom. The highest BCUT2D eigenvalue weighted by atomic mass is 32.1. The van der Waals surface area contributed by atoms with E-state index in [1.807, 2.05) is 22.7 Å². The number of amides is 2. The van der Waals surface area contributed by atoms with Crippen molar-refractivity contribution in [2.45, 2.75) is 51.5 Å². The molecule has 27 heavy (non-hydrogen) atoms. The van der Waals surface area contributed by atoms with Crippen LogP contribution in [0.2, 0.25) is 0 Å². The number of hydrogen-bond donors (Lipinski definition) is 2. The minimum Gasteiger partial charge on any atom is -0.354 e. The van der Waals surface area contributed by atoms with Crippen LogP contribution in [0.25, 0.3) is 10.2 Å². The predicted octanol–water partition coefficient (Wildman–Crippen LogP) is 2.22. The summed E-state index contributed by atoms with van der Waals surface area (Å²) in [4.78, 5) is 28.7. The summed E-state index contributed by atoms with van der Waals surface area (Å²) < 4.78 is 1.87. The first-order valence-electron chi connectivity index (χ1n) is 9.66. The van der Waals surface area contributed by atoms with Crippen LogP contribution in [0.15, 0.2) is 6.07 Å². The molecular formula is C19H29N5O2S. The van der Waals surface area contributed by atoms with Crippen molar-refractivity contribution in [1.82, 2.24) is 20.0 Å². The topological polar surface area (TPSA) is 93.2 Å². The lowest BCUT2D eigenvalue weighted by molar-refractivity contribution is -0.121. The molecule has 0 aliphatic carbocycles. The third-order valence-electron chi connectivity index (χ3n) is 5.09. The minimum atomic E-state index is -0.0509. The first-order chi connectivity index (χ1) is 12.9. The Labute approximate surface area is 163 Å². The second-order valence-electron chi connectivity index (χ2n) is 7.48. The molecule has 3 N–H and O–H groups in total. The Kier molecular flexibility index (Phi) is 6.16. The molecule has 1 fully saturated rings. The van der Waals surface area contributed by atoms with E-state index in [9.17, 15) is 9.59 Å². The number of thiophene rings is 1. The number of likely N-dealkylation sites (tertiary alicyclic amines) is 1. The number of nitrogens with one attached hydrogen (secondary N) is 1. The van der Waals surface area contributed by atoms with Gasteiger partial charge in [0.2, 0.25) is 5.91 Å². The van der Waals surface area contributed by atoms with Gasteiger partial charge in [0.15, 0.2) is 0 Å². The second kappa shape index (κ2) is 8.39. The maximum absolute atomic E-state index is 13.2. The van der Waals surface area contributed by atoms with E-state index >= 15 is 0 Å². The molecule has 1 atom stereocenters. The van der Waals surface area contributed by atoms with Gasteiger partial charge in [-0.15, -0.1) is 11.3 Å². The van der Waals surface area contributed by atoms with E-state index < -0.39 is 0 Å². The summed E-state index contributed by atoms with van der Waals surface area (Å²) in [5.74, 6) is 0.320. The average Bonchev–Trinajstić information content (AvgIpc) is 3.20. The Bertz CT molecular complexity index is 826. The van der Waals surface area contributed by atoms with E-state index in [2.05, 4.69) is 24.3 Å².